The topological polar surface area (TPSA) is 65.0 Å². The van der Waals surface area contributed by atoms with Gasteiger partial charge in [0.2, 0.25) is 0 Å². The lowest BCUT2D eigenvalue weighted by Crippen LogP contribution is -2.41. The van der Waals surface area contributed by atoms with Crippen LogP contribution in [0.1, 0.15) is 41.0 Å². The molecule has 1 heterocycles. The molecule has 0 aromatic rings. The van der Waals surface area contributed by atoms with Crippen molar-refractivity contribution in [2.24, 2.45) is 11.3 Å². The Kier molecular flexibility index (Phi) is 6.84. The molecule has 0 saturated heterocycles. The molecule has 0 aliphatic carbocycles. The standard InChI is InChI=1S/C16H28O5/c1-11(2)8-9-19-14-7-6-12(17)13(21-14)10-20-15(18)16(3,4)5/h6-7,11-14,17H,8-10H2,1-5H3/t12-,13+,14-/m0/s1. The quantitative estimate of drug-likeness (QED) is 0.602. The summed E-state index contributed by atoms with van der Waals surface area (Å²) in [7, 11) is 0. The van der Waals surface area contributed by atoms with Crippen LogP contribution in [0, 0.1) is 11.3 Å². The van der Waals surface area contributed by atoms with Crippen molar-refractivity contribution in [1.29, 1.82) is 0 Å². The van der Waals surface area contributed by atoms with Gasteiger partial charge in [0.1, 0.15) is 18.8 Å². The van der Waals surface area contributed by atoms with E-state index in [0.29, 0.717) is 12.5 Å². The summed E-state index contributed by atoms with van der Waals surface area (Å²) in [5.74, 6) is 0.247. The molecule has 0 radical (unpaired) electrons. The number of aliphatic hydroxyl groups excluding tert-OH is 1. The van der Waals surface area contributed by atoms with Gasteiger partial charge in [0, 0.05) is 0 Å². The van der Waals surface area contributed by atoms with E-state index in [2.05, 4.69) is 13.8 Å². The summed E-state index contributed by atoms with van der Waals surface area (Å²) in [6, 6.07) is 0. The molecule has 0 unspecified atom stereocenters. The SMILES string of the molecule is CC(C)CCO[C@@H]1C=C[C@H](O)[C@@H](COC(=O)C(C)(C)C)O1. The molecule has 5 nitrogen and oxygen atoms in total. The van der Waals surface area contributed by atoms with Crippen LogP contribution in [0.5, 0.6) is 0 Å². The highest BCUT2D eigenvalue weighted by atomic mass is 16.7. The van der Waals surface area contributed by atoms with E-state index in [1.807, 2.05) is 0 Å². The van der Waals surface area contributed by atoms with E-state index in [4.69, 9.17) is 14.2 Å². The van der Waals surface area contributed by atoms with Crippen LogP contribution in [0.25, 0.3) is 0 Å². The summed E-state index contributed by atoms with van der Waals surface area (Å²) in [5, 5.41) is 9.86. The van der Waals surface area contributed by atoms with Crippen molar-refractivity contribution in [3.63, 3.8) is 0 Å². The van der Waals surface area contributed by atoms with E-state index in [1.165, 1.54) is 0 Å². The first-order valence-electron chi connectivity index (χ1n) is 7.51. The van der Waals surface area contributed by atoms with Crippen LogP contribution >= 0.6 is 0 Å². The number of carbonyl (C=O) groups excluding carboxylic acids is 1. The second-order valence-corrected chi connectivity index (χ2v) is 6.82. The van der Waals surface area contributed by atoms with Gasteiger partial charge in [-0.05, 0) is 39.2 Å². The fraction of sp³-hybridized carbons (Fsp3) is 0.812. The van der Waals surface area contributed by atoms with E-state index in [0.717, 1.165) is 6.42 Å². The minimum atomic E-state index is -0.789. The second kappa shape index (κ2) is 7.92. The number of ether oxygens (including phenoxy) is 3. The molecule has 1 N–H and O–H groups in total. The predicted molar refractivity (Wildman–Crippen MR) is 79.6 cm³/mol. The third kappa shape index (κ3) is 6.59. The van der Waals surface area contributed by atoms with Gasteiger partial charge in [-0.2, -0.15) is 0 Å². The van der Waals surface area contributed by atoms with Crippen molar-refractivity contribution in [3.05, 3.63) is 12.2 Å². The van der Waals surface area contributed by atoms with Crippen LogP contribution in [0.3, 0.4) is 0 Å². The number of hydrogen-bond donors (Lipinski definition) is 1. The summed E-state index contributed by atoms with van der Waals surface area (Å²) in [5.41, 5.74) is -0.567. The highest BCUT2D eigenvalue weighted by molar-refractivity contribution is 5.75. The molecule has 3 atom stereocenters. The lowest BCUT2D eigenvalue weighted by Gasteiger charge is -2.30. The lowest BCUT2D eigenvalue weighted by atomic mass is 9.97. The van der Waals surface area contributed by atoms with E-state index in [9.17, 15) is 9.90 Å². The molecule has 5 heteroatoms. The predicted octanol–water partition coefficient (Wildman–Crippen LogP) is 2.28. The summed E-state index contributed by atoms with van der Waals surface area (Å²) in [6.07, 6.45) is 2.38. The minimum Gasteiger partial charge on any atom is -0.462 e. The van der Waals surface area contributed by atoms with Crippen LogP contribution in [0.4, 0.5) is 0 Å². The molecule has 0 aromatic heterocycles. The van der Waals surface area contributed by atoms with E-state index < -0.39 is 23.9 Å². The third-order valence-corrected chi connectivity index (χ3v) is 3.12. The van der Waals surface area contributed by atoms with Gasteiger partial charge in [-0.15, -0.1) is 0 Å². The number of carbonyl (C=O) groups is 1. The van der Waals surface area contributed by atoms with Crippen molar-refractivity contribution in [2.75, 3.05) is 13.2 Å². The van der Waals surface area contributed by atoms with Gasteiger partial charge in [-0.25, -0.2) is 0 Å². The Balaban J connectivity index is 2.41. The van der Waals surface area contributed by atoms with Crippen LogP contribution in [0.15, 0.2) is 12.2 Å². The van der Waals surface area contributed by atoms with Gasteiger partial charge in [0.25, 0.3) is 0 Å². The van der Waals surface area contributed by atoms with Gasteiger partial charge >= 0.3 is 5.97 Å². The van der Waals surface area contributed by atoms with Crippen LogP contribution in [0.2, 0.25) is 0 Å². The van der Waals surface area contributed by atoms with Crippen molar-refractivity contribution in [2.45, 2.75) is 59.5 Å². The largest absolute Gasteiger partial charge is 0.462 e. The Labute approximate surface area is 127 Å². The Morgan fingerprint density at radius 3 is 2.57 bits per heavy atom. The second-order valence-electron chi connectivity index (χ2n) is 6.82. The first kappa shape index (κ1) is 18.1. The molecule has 1 aliphatic rings. The molecule has 0 spiro atoms. The Morgan fingerprint density at radius 1 is 1.33 bits per heavy atom. The molecular weight excluding hydrogens is 272 g/mol. The van der Waals surface area contributed by atoms with Crippen LogP contribution in [-0.4, -0.2) is 42.8 Å². The van der Waals surface area contributed by atoms with E-state index in [-0.39, 0.29) is 12.6 Å². The molecule has 0 amide bonds. The first-order chi connectivity index (χ1) is 9.70. The summed E-state index contributed by atoms with van der Waals surface area (Å²) in [6.45, 7) is 10.2. The molecule has 0 fully saturated rings. The molecule has 1 aliphatic heterocycles. The van der Waals surface area contributed by atoms with Crippen molar-refractivity contribution < 1.29 is 24.1 Å². The van der Waals surface area contributed by atoms with E-state index >= 15 is 0 Å². The van der Waals surface area contributed by atoms with Gasteiger partial charge in [0.05, 0.1) is 12.0 Å². The maximum atomic E-state index is 11.7. The zero-order valence-electron chi connectivity index (χ0n) is 13.7. The highest BCUT2D eigenvalue weighted by Crippen LogP contribution is 2.19. The number of rotatable bonds is 6. The number of esters is 1. The molecule has 0 aromatic carbocycles. The van der Waals surface area contributed by atoms with Crippen molar-refractivity contribution in [1.82, 2.24) is 0 Å². The Bertz CT molecular complexity index is 356. The zero-order chi connectivity index (χ0) is 16.0. The monoisotopic (exact) mass is 300 g/mol. The van der Waals surface area contributed by atoms with Gasteiger partial charge in [0.15, 0.2) is 6.29 Å². The van der Waals surface area contributed by atoms with Gasteiger partial charge in [-0.3, -0.25) is 4.79 Å². The maximum absolute atomic E-state index is 11.7. The van der Waals surface area contributed by atoms with Gasteiger partial charge < -0.3 is 19.3 Å². The molecule has 1 rings (SSSR count). The average molecular weight is 300 g/mol. The molecule has 0 bridgehead atoms. The van der Waals surface area contributed by atoms with E-state index in [1.54, 1.807) is 32.9 Å². The number of hydrogen-bond acceptors (Lipinski definition) is 5. The minimum absolute atomic E-state index is 0.0195. The number of aliphatic hydroxyl groups is 1. The molecule has 122 valence electrons. The Hall–Kier alpha value is -0.910. The van der Waals surface area contributed by atoms with Crippen LogP contribution in [-0.2, 0) is 19.0 Å². The first-order valence-corrected chi connectivity index (χ1v) is 7.51. The molecule has 0 saturated carbocycles. The normalized spacial score (nSPS) is 26.1. The lowest BCUT2D eigenvalue weighted by molar-refractivity contribution is -0.192. The van der Waals surface area contributed by atoms with Gasteiger partial charge in [-0.1, -0.05) is 19.9 Å². The van der Waals surface area contributed by atoms with Crippen LogP contribution < -0.4 is 0 Å². The molecule has 21 heavy (non-hydrogen) atoms. The fourth-order valence-corrected chi connectivity index (χ4v) is 1.65. The van der Waals surface area contributed by atoms with Crippen molar-refractivity contribution >= 4 is 5.97 Å². The smallest absolute Gasteiger partial charge is 0.311 e. The van der Waals surface area contributed by atoms with Crippen molar-refractivity contribution in [3.8, 4) is 0 Å². The Morgan fingerprint density at radius 2 is 2.00 bits per heavy atom. The highest BCUT2D eigenvalue weighted by Gasteiger charge is 2.30. The molecular formula is C16H28O5. The average Bonchev–Trinajstić information content (AvgIpc) is 2.37. The maximum Gasteiger partial charge on any atom is 0.311 e. The summed E-state index contributed by atoms with van der Waals surface area (Å²) >= 11 is 0. The third-order valence-electron chi connectivity index (χ3n) is 3.12. The summed E-state index contributed by atoms with van der Waals surface area (Å²) in [4.78, 5) is 11.7. The summed E-state index contributed by atoms with van der Waals surface area (Å²) < 4.78 is 16.4. The zero-order valence-corrected chi connectivity index (χ0v) is 13.7. The fourth-order valence-electron chi connectivity index (χ4n) is 1.65.